The Morgan fingerprint density at radius 3 is 2.76 bits per heavy atom. The molecule has 0 atom stereocenters. The first kappa shape index (κ1) is 13.6. The molecule has 4 nitrogen and oxygen atoms in total. The van der Waals surface area contributed by atoms with Gasteiger partial charge in [0.15, 0.2) is 0 Å². The molecule has 0 aliphatic heterocycles. The number of fused-ring (bicyclic) bond motifs is 1. The van der Waals surface area contributed by atoms with Crippen LogP contribution in [0.15, 0.2) is 46.9 Å². The summed E-state index contributed by atoms with van der Waals surface area (Å²) < 4.78 is 5.44. The predicted molar refractivity (Wildman–Crippen MR) is 88.6 cm³/mol. The Morgan fingerprint density at radius 1 is 1.24 bits per heavy atom. The first-order chi connectivity index (χ1) is 10.3. The number of nitrogens with one attached hydrogen (secondary N) is 1. The third kappa shape index (κ3) is 2.87. The predicted octanol–water partition coefficient (Wildman–Crippen LogP) is 4.06. The largest absolute Gasteiger partial charge is 0.496 e. The summed E-state index contributed by atoms with van der Waals surface area (Å²) in [6, 6.07) is 12.1. The molecule has 0 spiro atoms. The summed E-state index contributed by atoms with van der Waals surface area (Å²) in [6.07, 6.45) is 1.79. The van der Waals surface area contributed by atoms with E-state index in [0.717, 1.165) is 32.9 Å². The number of hydrogen-bond donors (Lipinski definition) is 1. The Bertz CT molecular complexity index is 790. The molecule has 0 fully saturated rings. The molecule has 0 bridgehead atoms. The smallest absolute Gasteiger partial charge is 0.203 e. The van der Waals surface area contributed by atoms with E-state index in [1.807, 2.05) is 36.6 Å². The minimum atomic E-state index is 0.788. The van der Waals surface area contributed by atoms with Crippen molar-refractivity contribution in [1.29, 1.82) is 0 Å². The molecule has 3 aromatic rings. The lowest BCUT2D eigenvalue weighted by atomic mass is 10.0. The lowest BCUT2D eigenvalue weighted by Gasteiger charge is -2.07. The highest BCUT2D eigenvalue weighted by Crippen LogP contribution is 2.27. The number of hydrazone groups is 1. The summed E-state index contributed by atoms with van der Waals surface area (Å²) in [4.78, 5) is 4.31. The molecule has 0 radical (unpaired) electrons. The van der Waals surface area contributed by atoms with E-state index in [0.29, 0.717) is 0 Å². The monoisotopic (exact) mass is 297 g/mol. The number of nitrogens with zero attached hydrogens (tertiary/aromatic N) is 2. The van der Waals surface area contributed by atoms with Gasteiger partial charge in [-0.15, -0.1) is 11.3 Å². The van der Waals surface area contributed by atoms with E-state index in [9.17, 15) is 0 Å². The molecule has 1 aromatic heterocycles. The first-order valence-corrected chi connectivity index (χ1v) is 7.43. The van der Waals surface area contributed by atoms with Gasteiger partial charge in [-0.1, -0.05) is 30.3 Å². The van der Waals surface area contributed by atoms with E-state index in [2.05, 4.69) is 27.6 Å². The molecule has 0 saturated heterocycles. The minimum absolute atomic E-state index is 0.788. The number of thiazole rings is 1. The Kier molecular flexibility index (Phi) is 3.83. The van der Waals surface area contributed by atoms with Crippen molar-refractivity contribution in [3.63, 3.8) is 0 Å². The number of methoxy groups -OCH3 is 1. The van der Waals surface area contributed by atoms with E-state index in [-0.39, 0.29) is 0 Å². The van der Waals surface area contributed by atoms with Crippen molar-refractivity contribution in [1.82, 2.24) is 4.98 Å². The van der Waals surface area contributed by atoms with Gasteiger partial charge in [0.2, 0.25) is 5.13 Å². The molecule has 0 amide bonds. The van der Waals surface area contributed by atoms with E-state index < -0.39 is 0 Å². The fourth-order valence-corrected chi connectivity index (χ4v) is 2.81. The maximum Gasteiger partial charge on any atom is 0.203 e. The van der Waals surface area contributed by atoms with Crippen LogP contribution in [0, 0.1) is 6.92 Å². The zero-order valence-electron chi connectivity index (χ0n) is 11.8. The molecule has 0 aliphatic carbocycles. The lowest BCUT2D eigenvalue weighted by Crippen LogP contribution is -1.93. The summed E-state index contributed by atoms with van der Waals surface area (Å²) in [5, 5.41) is 9.23. The zero-order chi connectivity index (χ0) is 14.7. The molecular formula is C16H15N3OS. The molecule has 106 valence electrons. The van der Waals surface area contributed by atoms with E-state index in [1.54, 1.807) is 13.3 Å². The van der Waals surface area contributed by atoms with Crippen molar-refractivity contribution >= 4 is 33.5 Å². The van der Waals surface area contributed by atoms with E-state index in [4.69, 9.17) is 4.74 Å². The number of benzene rings is 2. The Hall–Kier alpha value is -2.40. The molecular weight excluding hydrogens is 282 g/mol. The average Bonchev–Trinajstić information content (AvgIpc) is 2.92. The second-order valence-electron chi connectivity index (χ2n) is 4.57. The molecule has 0 aliphatic rings. The Morgan fingerprint density at radius 2 is 2.05 bits per heavy atom. The van der Waals surface area contributed by atoms with Crippen LogP contribution in [-0.4, -0.2) is 18.3 Å². The van der Waals surface area contributed by atoms with Gasteiger partial charge in [-0.2, -0.15) is 5.10 Å². The summed E-state index contributed by atoms with van der Waals surface area (Å²) in [5.74, 6) is 0.847. The number of rotatable bonds is 4. The van der Waals surface area contributed by atoms with E-state index in [1.165, 1.54) is 11.3 Å². The number of anilines is 1. The van der Waals surface area contributed by atoms with Crippen molar-refractivity contribution < 1.29 is 4.74 Å². The van der Waals surface area contributed by atoms with Gasteiger partial charge in [0, 0.05) is 16.3 Å². The summed E-state index contributed by atoms with van der Waals surface area (Å²) in [6.45, 7) is 1.96. The van der Waals surface area contributed by atoms with Gasteiger partial charge in [-0.25, -0.2) is 4.98 Å². The lowest BCUT2D eigenvalue weighted by molar-refractivity contribution is 0.420. The fourth-order valence-electron chi connectivity index (χ4n) is 2.17. The summed E-state index contributed by atoms with van der Waals surface area (Å²) in [7, 11) is 1.68. The van der Waals surface area contributed by atoms with Gasteiger partial charge >= 0.3 is 0 Å². The van der Waals surface area contributed by atoms with Gasteiger partial charge in [0.25, 0.3) is 0 Å². The zero-order valence-corrected chi connectivity index (χ0v) is 12.6. The van der Waals surface area contributed by atoms with Crippen molar-refractivity contribution in [3.05, 3.63) is 53.0 Å². The number of aromatic nitrogens is 1. The van der Waals surface area contributed by atoms with Crippen molar-refractivity contribution in [2.45, 2.75) is 6.92 Å². The van der Waals surface area contributed by atoms with Gasteiger partial charge in [-0.05, 0) is 18.4 Å². The molecule has 0 unspecified atom stereocenters. The van der Waals surface area contributed by atoms with Crippen LogP contribution in [0.2, 0.25) is 0 Å². The third-order valence-corrected chi connectivity index (χ3v) is 3.97. The quantitative estimate of drug-likeness (QED) is 0.583. The average molecular weight is 297 g/mol. The molecule has 1 heterocycles. The Balaban J connectivity index is 1.93. The summed E-state index contributed by atoms with van der Waals surface area (Å²) in [5.41, 5.74) is 4.95. The SMILES string of the molecule is COc1cccc2cccc(C=NNc3nc(C)cs3)c12. The van der Waals surface area contributed by atoms with Gasteiger partial charge in [0.05, 0.1) is 19.0 Å². The van der Waals surface area contributed by atoms with Crippen LogP contribution < -0.4 is 10.2 Å². The van der Waals surface area contributed by atoms with Crippen molar-refractivity contribution in [3.8, 4) is 5.75 Å². The minimum Gasteiger partial charge on any atom is -0.496 e. The highest BCUT2D eigenvalue weighted by Gasteiger charge is 2.05. The molecule has 0 saturated carbocycles. The molecule has 3 rings (SSSR count). The highest BCUT2D eigenvalue weighted by atomic mass is 32.1. The van der Waals surface area contributed by atoms with Crippen molar-refractivity contribution in [2.24, 2.45) is 5.10 Å². The van der Waals surface area contributed by atoms with Crippen LogP contribution >= 0.6 is 11.3 Å². The van der Waals surface area contributed by atoms with Crippen LogP contribution in [0.25, 0.3) is 10.8 Å². The fraction of sp³-hybridized carbons (Fsp3) is 0.125. The second-order valence-corrected chi connectivity index (χ2v) is 5.43. The number of aryl methyl sites for hydroxylation is 1. The van der Waals surface area contributed by atoms with E-state index >= 15 is 0 Å². The summed E-state index contributed by atoms with van der Waals surface area (Å²) >= 11 is 1.54. The normalized spacial score (nSPS) is 11.1. The molecule has 2 aromatic carbocycles. The van der Waals surface area contributed by atoms with Crippen LogP contribution in [0.1, 0.15) is 11.3 Å². The molecule has 1 N–H and O–H groups in total. The molecule has 5 heteroatoms. The van der Waals surface area contributed by atoms with Crippen LogP contribution in [-0.2, 0) is 0 Å². The standard InChI is InChI=1S/C16H15N3OS/c1-11-10-21-16(18-11)19-17-9-13-7-3-5-12-6-4-8-14(20-2)15(12)13/h3-10H,1-2H3,(H,18,19). The molecule has 21 heavy (non-hydrogen) atoms. The number of ether oxygens (including phenoxy) is 1. The van der Waals surface area contributed by atoms with Crippen LogP contribution in [0.4, 0.5) is 5.13 Å². The Labute approximate surface area is 127 Å². The highest BCUT2D eigenvalue weighted by molar-refractivity contribution is 7.13. The maximum atomic E-state index is 5.44. The number of hydrogen-bond acceptors (Lipinski definition) is 5. The second kappa shape index (κ2) is 5.93. The van der Waals surface area contributed by atoms with Gasteiger partial charge in [-0.3, -0.25) is 5.43 Å². The first-order valence-electron chi connectivity index (χ1n) is 6.55. The van der Waals surface area contributed by atoms with Crippen molar-refractivity contribution in [2.75, 3.05) is 12.5 Å². The maximum absolute atomic E-state index is 5.44. The van der Waals surface area contributed by atoms with Crippen LogP contribution in [0.3, 0.4) is 0 Å². The third-order valence-electron chi connectivity index (χ3n) is 3.10. The topological polar surface area (TPSA) is 46.5 Å². The van der Waals surface area contributed by atoms with Gasteiger partial charge < -0.3 is 4.74 Å². The van der Waals surface area contributed by atoms with Gasteiger partial charge in [0.1, 0.15) is 5.75 Å². The van der Waals surface area contributed by atoms with Crippen LogP contribution in [0.5, 0.6) is 5.75 Å².